The maximum Gasteiger partial charge on any atom is 0.418 e. The largest absolute Gasteiger partial charge is 0.496 e. The number of carbonyl (C=O) groups excluding carboxylic acids is 3. The molecule has 0 bridgehead atoms. The molecule has 4 atom stereocenters. The third kappa shape index (κ3) is 3.80. The Labute approximate surface area is 229 Å². The summed E-state index contributed by atoms with van der Waals surface area (Å²) < 4.78 is 47.4. The molecule has 0 saturated carbocycles. The molecule has 2 fully saturated rings. The van der Waals surface area contributed by atoms with E-state index in [-0.39, 0.29) is 5.56 Å². The quantitative estimate of drug-likeness (QED) is 0.283. The molecule has 0 unspecified atom stereocenters. The van der Waals surface area contributed by atoms with Crippen LogP contribution in [-0.4, -0.2) is 36.8 Å². The molecule has 0 N–H and O–H groups in total. The number of methoxy groups -OCH3 is 1. The Morgan fingerprint density at radius 1 is 0.923 bits per heavy atom. The molecule has 0 spiro atoms. The van der Waals surface area contributed by atoms with Gasteiger partial charge in [-0.25, -0.2) is 4.90 Å². The number of imide groups is 1. The normalized spacial score (nSPS) is 23.5. The van der Waals surface area contributed by atoms with Crippen LogP contribution in [0.15, 0.2) is 77.3 Å². The van der Waals surface area contributed by atoms with Gasteiger partial charge in [-0.15, -0.1) is 0 Å². The van der Waals surface area contributed by atoms with Gasteiger partial charge >= 0.3 is 6.18 Å². The molecule has 0 radical (unpaired) electrons. The number of hydrogen-bond donors (Lipinski definition) is 0. The molecule has 3 aliphatic rings. The number of hydrogen-bond acceptors (Lipinski definition) is 5. The Kier molecular flexibility index (Phi) is 5.91. The van der Waals surface area contributed by atoms with Crippen molar-refractivity contribution >= 4 is 51.0 Å². The highest BCUT2D eigenvalue weighted by Crippen LogP contribution is 2.51. The van der Waals surface area contributed by atoms with E-state index >= 15 is 0 Å². The molecule has 3 aliphatic heterocycles. The summed E-state index contributed by atoms with van der Waals surface area (Å²) in [5.74, 6) is -3.73. The van der Waals surface area contributed by atoms with Gasteiger partial charge in [-0.05, 0) is 57.9 Å². The van der Waals surface area contributed by atoms with E-state index in [0.29, 0.717) is 20.8 Å². The van der Waals surface area contributed by atoms with Crippen molar-refractivity contribution in [2.24, 2.45) is 11.8 Å². The first-order chi connectivity index (χ1) is 18.6. The van der Waals surface area contributed by atoms with Crippen LogP contribution in [0.25, 0.3) is 6.08 Å². The lowest BCUT2D eigenvalue weighted by atomic mass is 9.86. The molecule has 10 heteroatoms. The van der Waals surface area contributed by atoms with Gasteiger partial charge in [-0.2, -0.15) is 13.2 Å². The first-order valence-electron chi connectivity index (χ1n) is 12.1. The average Bonchev–Trinajstić information content (AvgIpc) is 3.40. The number of benzene rings is 3. The molecule has 198 valence electrons. The summed E-state index contributed by atoms with van der Waals surface area (Å²) in [5.41, 5.74) is 0.137. The van der Waals surface area contributed by atoms with Gasteiger partial charge in [-0.1, -0.05) is 42.5 Å². The number of amides is 2. The molecule has 6 nitrogen and oxygen atoms in total. The number of rotatable bonds is 4. The van der Waals surface area contributed by atoms with E-state index in [2.05, 4.69) is 15.9 Å². The standard InChI is InChI=1S/C29H20BrF3N2O4/c1-39-22-13-11-16(14-18(22)30)26(36)25-24-23(21-12-10-15-6-2-4-8-19(15)34(21)25)27(37)35(28(24)38)20-9-5-3-7-17(20)29(31,32)33/h2-14,21,23-25H,1H3/t21-,23-,24+,25-/m0/s1. The number of halogens is 4. The molecule has 3 heterocycles. The van der Waals surface area contributed by atoms with Crippen molar-refractivity contribution in [3.63, 3.8) is 0 Å². The van der Waals surface area contributed by atoms with Gasteiger partial charge in [0.15, 0.2) is 5.78 Å². The van der Waals surface area contributed by atoms with Crippen LogP contribution in [0.4, 0.5) is 24.5 Å². The second kappa shape index (κ2) is 9.08. The van der Waals surface area contributed by atoms with Crippen molar-refractivity contribution in [1.29, 1.82) is 0 Å². The van der Waals surface area contributed by atoms with Crippen molar-refractivity contribution in [3.8, 4) is 5.75 Å². The van der Waals surface area contributed by atoms with E-state index in [0.717, 1.165) is 17.7 Å². The summed E-state index contributed by atoms with van der Waals surface area (Å²) in [6.07, 6.45) is -1.22. The molecule has 2 saturated heterocycles. The van der Waals surface area contributed by atoms with Crippen LogP contribution < -0.4 is 14.5 Å². The SMILES string of the molecule is COc1ccc(C(=O)[C@@H]2[C@@H]3C(=O)N(c4ccccc4C(F)(F)F)C(=O)[C@H]3[C@@H]3C=Cc4ccccc4N23)cc1Br. The minimum Gasteiger partial charge on any atom is -0.496 e. The first-order valence-corrected chi connectivity index (χ1v) is 12.9. The van der Waals surface area contributed by atoms with E-state index < -0.39 is 58.9 Å². The van der Waals surface area contributed by atoms with Crippen LogP contribution in [0, 0.1) is 11.8 Å². The molecule has 0 aliphatic carbocycles. The van der Waals surface area contributed by atoms with Crippen LogP contribution in [0.1, 0.15) is 21.5 Å². The number of alkyl halides is 3. The zero-order chi connectivity index (χ0) is 27.6. The van der Waals surface area contributed by atoms with Crippen molar-refractivity contribution in [2.75, 3.05) is 16.9 Å². The highest BCUT2D eigenvalue weighted by molar-refractivity contribution is 9.10. The second-order valence-electron chi connectivity index (χ2n) is 9.55. The number of fused-ring (bicyclic) bond motifs is 5. The van der Waals surface area contributed by atoms with Gasteiger partial charge in [0, 0.05) is 11.3 Å². The lowest BCUT2D eigenvalue weighted by molar-refractivity contribution is -0.137. The number of ether oxygens (including phenoxy) is 1. The highest BCUT2D eigenvalue weighted by atomic mass is 79.9. The lowest BCUT2D eigenvalue weighted by Crippen LogP contribution is -2.49. The molecule has 0 aromatic heterocycles. The molecular weight excluding hydrogens is 577 g/mol. The monoisotopic (exact) mass is 596 g/mol. The van der Waals surface area contributed by atoms with Gasteiger partial charge in [0.05, 0.1) is 40.7 Å². The zero-order valence-electron chi connectivity index (χ0n) is 20.4. The number of ketones is 1. The summed E-state index contributed by atoms with van der Waals surface area (Å²) >= 11 is 3.39. The second-order valence-corrected chi connectivity index (χ2v) is 10.4. The van der Waals surface area contributed by atoms with Crippen LogP contribution in [0.3, 0.4) is 0 Å². The average molecular weight is 597 g/mol. The summed E-state index contributed by atoms with van der Waals surface area (Å²) in [4.78, 5) is 44.3. The van der Waals surface area contributed by atoms with Gasteiger partial charge in [0.2, 0.25) is 11.8 Å². The van der Waals surface area contributed by atoms with Gasteiger partial charge in [0.1, 0.15) is 11.8 Å². The Morgan fingerprint density at radius 3 is 2.28 bits per heavy atom. The minimum absolute atomic E-state index is 0.272. The number of nitrogens with zero attached hydrogens (tertiary/aromatic N) is 2. The first kappa shape index (κ1) is 25.4. The third-order valence-electron chi connectivity index (χ3n) is 7.57. The maximum atomic E-state index is 14.1. The smallest absolute Gasteiger partial charge is 0.418 e. The number of para-hydroxylation sites is 2. The van der Waals surface area contributed by atoms with Crippen molar-refractivity contribution in [2.45, 2.75) is 18.3 Å². The van der Waals surface area contributed by atoms with E-state index in [1.165, 1.54) is 19.2 Å². The van der Waals surface area contributed by atoms with Crippen LogP contribution in [-0.2, 0) is 15.8 Å². The van der Waals surface area contributed by atoms with Gasteiger partial charge < -0.3 is 9.64 Å². The van der Waals surface area contributed by atoms with E-state index in [1.807, 2.05) is 24.3 Å². The fraction of sp³-hybridized carbons (Fsp3) is 0.207. The molecule has 39 heavy (non-hydrogen) atoms. The molecule has 3 aromatic rings. The molecular formula is C29H20BrF3N2O4. The summed E-state index contributed by atoms with van der Waals surface area (Å²) in [5, 5.41) is 0. The van der Waals surface area contributed by atoms with Crippen molar-refractivity contribution in [3.05, 3.63) is 94.0 Å². The summed E-state index contributed by atoms with van der Waals surface area (Å²) in [6, 6.07) is 14.7. The maximum absolute atomic E-state index is 14.1. The number of carbonyl (C=O) groups is 3. The Morgan fingerprint density at radius 2 is 1.59 bits per heavy atom. The number of Topliss-reactive ketones (excluding diaryl/α,β-unsaturated/α-hetero) is 1. The molecule has 2 amide bonds. The van der Waals surface area contributed by atoms with Gasteiger partial charge in [0.25, 0.3) is 0 Å². The van der Waals surface area contributed by atoms with Crippen LogP contribution >= 0.6 is 15.9 Å². The summed E-state index contributed by atoms with van der Waals surface area (Å²) in [6.45, 7) is 0. The Balaban J connectivity index is 1.50. The zero-order valence-corrected chi connectivity index (χ0v) is 21.9. The predicted molar refractivity (Wildman–Crippen MR) is 141 cm³/mol. The van der Waals surface area contributed by atoms with E-state index in [9.17, 15) is 27.6 Å². The Bertz CT molecular complexity index is 1570. The minimum atomic E-state index is -4.78. The van der Waals surface area contributed by atoms with Crippen molar-refractivity contribution in [1.82, 2.24) is 0 Å². The third-order valence-corrected chi connectivity index (χ3v) is 8.19. The topological polar surface area (TPSA) is 66.9 Å². The van der Waals surface area contributed by atoms with Crippen molar-refractivity contribution < 1.29 is 32.3 Å². The van der Waals surface area contributed by atoms with Gasteiger partial charge in [-0.3, -0.25) is 14.4 Å². The lowest BCUT2D eigenvalue weighted by Gasteiger charge is -2.36. The van der Waals surface area contributed by atoms with E-state index in [1.54, 1.807) is 35.2 Å². The van der Waals surface area contributed by atoms with Crippen LogP contribution in [0.2, 0.25) is 0 Å². The molecule has 3 aromatic carbocycles. The highest BCUT2D eigenvalue weighted by Gasteiger charge is 2.64. The number of anilines is 2. The Hall–Kier alpha value is -3.92. The molecule has 6 rings (SSSR count). The fourth-order valence-corrected chi connectivity index (χ4v) is 6.49. The summed E-state index contributed by atoms with van der Waals surface area (Å²) in [7, 11) is 1.49. The predicted octanol–water partition coefficient (Wildman–Crippen LogP) is 5.75. The van der Waals surface area contributed by atoms with E-state index in [4.69, 9.17) is 4.74 Å². The fourth-order valence-electron chi connectivity index (χ4n) is 5.95. The van der Waals surface area contributed by atoms with Crippen LogP contribution in [0.5, 0.6) is 5.75 Å².